The van der Waals surface area contributed by atoms with Crippen LogP contribution in [0.15, 0.2) is 12.1 Å². The van der Waals surface area contributed by atoms with Crippen LogP contribution in [0.4, 0.5) is 5.69 Å². The number of nitrogens with zero attached hydrogens (tertiary/aromatic N) is 1. The van der Waals surface area contributed by atoms with E-state index < -0.39 is 17.0 Å². The summed E-state index contributed by atoms with van der Waals surface area (Å²) in [6.45, 7) is 5.02. The normalized spacial score (nSPS) is 11.9. The molecule has 1 N–H and O–H groups in total. The summed E-state index contributed by atoms with van der Waals surface area (Å²) in [6.07, 6.45) is -0.690. The fourth-order valence-electron chi connectivity index (χ4n) is 1.65. The second-order valence-corrected chi connectivity index (χ2v) is 4.19. The number of aryl methyl sites for hydroxylation is 2. The molecule has 0 bridgehead atoms. The lowest BCUT2D eigenvalue weighted by Crippen LogP contribution is -2.17. The molecular formula is C12H15NO5. The van der Waals surface area contributed by atoms with Crippen LogP contribution in [-0.2, 0) is 4.79 Å². The first kappa shape index (κ1) is 14.0. The molecule has 1 aromatic carbocycles. The number of hydrogen-bond acceptors (Lipinski definition) is 4. The fourth-order valence-corrected chi connectivity index (χ4v) is 1.65. The molecule has 0 aromatic heterocycles. The number of nitro groups is 1. The third-order valence-electron chi connectivity index (χ3n) is 2.48. The highest BCUT2D eigenvalue weighted by Crippen LogP contribution is 2.28. The SMILES string of the molecule is Cc1cc(C)c([N+](=O)[O-])cc1O[C@H](C)CC(=O)O. The second kappa shape index (κ2) is 5.48. The molecule has 0 aliphatic rings. The summed E-state index contributed by atoms with van der Waals surface area (Å²) >= 11 is 0. The summed E-state index contributed by atoms with van der Waals surface area (Å²) in [6, 6.07) is 2.99. The molecule has 0 saturated carbocycles. The molecule has 0 aliphatic carbocycles. The van der Waals surface area contributed by atoms with Gasteiger partial charge in [0.25, 0.3) is 5.69 Å². The summed E-state index contributed by atoms with van der Waals surface area (Å²) in [7, 11) is 0. The van der Waals surface area contributed by atoms with Crippen LogP contribution in [0.25, 0.3) is 0 Å². The van der Waals surface area contributed by atoms with Crippen LogP contribution < -0.4 is 4.74 Å². The quantitative estimate of drug-likeness (QED) is 0.643. The van der Waals surface area contributed by atoms with Gasteiger partial charge in [-0.15, -0.1) is 0 Å². The number of ether oxygens (including phenoxy) is 1. The summed E-state index contributed by atoms with van der Waals surface area (Å²) in [4.78, 5) is 20.8. The van der Waals surface area contributed by atoms with Crippen molar-refractivity contribution in [1.82, 2.24) is 0 Å². The third-order valence-corrected chi connectivity index (χ3v) is 2.48. The molecule has 18 heavy (non-hydrogen) atoms. The number of benzene rings is 1. The third kappa shape index (κ3) is 3.44. The molecule has 1 atom stereocenters. The van der Waals surface area contributed by atoms with Gasteiger partial charge < -0.3 is 9.84 Å². The van der Waals surface area contributed by atoms with E-state index >= 15 is 0 Å². The molecule has 6 heteroatoms. The second-order valence-electron chi connectivity index (χ2n) is 4.19. The first-order chi connectivity index (χ1) is 8.31. The van der Waals surface area contributed by atoms with Crippen molar-refractivity contribution in [3.05, 3.63) is 33.4 Å². The molecule has 0 heterocycles. The van der Waals surface area contributed by atoms with Crippen molar-refractivity contribution < 1.29 is 19.6 Å². The number of aliphatic carboxylic acids is 1. The van der Waals surface area contributed by atoms with E-state index in [-0.39, 0.29) is 12.1 Å². The van der Waals surface area contributed by atoms with Gasteiger partial charge in [-0.25, -0.2) is 0 Å². The number of rotatable bonds is 5. The maximum atomic E-state index is 10.8. The minimum atomic E-state index is -0.971. The van der Waals surface area contributed by atoms with E-state index in [0.717, 1.165) is 5.56 Å². The smallest absolute Gasteiger partial charge is 0.307 e. The first-order valence-electron chi connectivity index (χ1n) is 5.45. The summed E-state index contributed by atoms with van der Waals surface area (Å²) in [5.41, 5.74) is 1.27. The lowest BCUT2D eigenvalue weighted by atomic mass is 10.1. The highest BCUT2D eigenvalue weighted by atomic mass is 16.6. The lowest BCUT2D eigenvalue weighted by Gasteiger charge is -2.15. The predicted molar refractivity (Wildman–Crippen MR) is 64.9 cm³/mol. The van der Waals surface area contributed by atoms with Crippen LogP contribution in [0.1, 0.15) is 24.5 Å². The van der Waals surface area contributed by atoms with E-state index in [9.17, 15) is 14.9 Å². The van der Waals surface area contributed by atoms with Gasteiger partial charge >= 0.3 is 5.97 Å². The Morgan fingerprint density at radius 3 is 2.56 bits per heavy atom. The van der Waals surface area contributed by atoms with Gasteiger partial charge in [-0.05, 0) is 32.4 Å². The van der Waals surface area contributed by atoms with Crippen molar-refractivity contribution in [3.63, 3.8) is 0 Å². The van der Waals surface area contributed by atoms with Crippen LogP contribution in [0.3, 0.4) is 0 Å². The van der Waals surface area contributed by atoms with E-state index in [1.54, 1.807) is 26.8 Å². The lowest BCUT2D eigenvalue weighted by molar-refractivity contribution is -0.385. The minimum absolute atomic E-state index is 0.0295. The molecule has 0 radical (unpaired) electrons. The molecule has 0 aliphatic heterocycles. The monoisotopic (exact) mass is 253 g/mol. The van der Waals surface area contributed by atoms with Crippen molar-refractivity contribution in [3.8, 4) is 5.75 Å². The molecular weight excluding hydrogens is 238 g/mol. The Bertz CT molecular complexity index is 484. The van der Waals surface area contributed by atoms with Gasteiger partial charge in [-0.3, -0.25) is 14.9 Å². The molecule has 0 fully saturated rings. The number of carboxylic acid groups (broad SMARTS) is 1. The molecule has 98 valence electrons. The Hall–Kier alpha value is -2.11. The molecule has 1 aromatic rings. The van der Waals surface area contributed by atoms with Gasteiger partial charge in [0.15, 0.2) is 0 Å². The van der Waals surface area contributed by atoms with E-state index in [0.29, 0.717) is 11.3 Å². The number of hydrogen-bond donors (Lipinski definition) is 1. The zero-order chi connectivity index (χ0) is 13.9. The van der Waals surface area contributed by atoms with Crippen molar-refractivity contribution in [1.29, 1.82) is 0 Å². The van der Waals surface area contributed by atoms with Crippen molar-refractivity contribution in [2.24, 2.45) is 0 Å². The topological polar surface area (TPSA) is 89.7 Å². The number of carbonyl (C=O) groups is 1. The molecule has 0 spiro atoms. The average Bonchev–Trinajstić information content (AvgIpc) is 2.20. The Balaban J connectivity index is 2.98. The van der Waals surface area contributed by atoms with Crippen molar-refractivity contribution >= 4 is 11.7 Å². The Morgan fingerprint density at radius 2 is 2.06 bits per heavy atom. The predicted octanol–water partition coefficient (Wildman–Crippen LogP) is 2.45. The van der Waals surface area contributed by atoms with Gasteiger partial charge in [0.1, 0.15) is 11.9 Å². The van der Waals surface area contributed by atoms with Gasteiger partial charge in [0.2, 0.25) is 0 Å². The van der Waals surface area contributed by atoms with Crippen LogP contribution >= 0.6 is 0 Å². The van der Waals surface area contributed by atoms with E-state index in [1.807, 2.05) is 0 Å². The van der Waals surface area contributed by atoms with Crippen molar-refractivity contribution in [2.45, 2.75) is 33.3 Å². The molecule has 0 unspecified atom stereocenters. The molecule has 0 saturated heterocycles. The first-order valence-corrected chi connectivity index (χ1v) is 5.45. The highest BCUT2D eigenvalue weighted by molar-refractivity contribution is 5.67. The average molecular weight is 253 g/mol. The van der Waals surface area contributed by atoms with Crippen LogP contribution in [0, 0.1) is 24.0 Å². The number of nitro benzene ring substituents is 1. The van der Waals surface area contributed by atoms with E-state index in [1.165, 1.54) is 6.07 Å². The molecule has 0 amide bonds. The van der Waals surface area contributed by atoms with Gasteiger partial charge in [0.05, 0.1) is 17.4 Å². The molecule has 1 rings (SSSR count). The Labute approximate surface area is 104 Å². The zero-order valence-electron chi connectivity index (χ0n) is 10.5. The maximum absolute atomic E-state index is 10.8. The van der Waals surface area contributed by atoms with Gasteiger partial charge in [-0.2, -0.15) is 0 Å². The summed E-state index contributed by atoms with van der Waals surface area (Å²) in [5.74, 6) is -0.622. The van der Waals surface area contributed by atoms with Crippen LogP contribution in [0.5, 0.6) is 5.75 Å². The van der Waals surface area contributed by atoms with E-state index in [4.69, 9.17) is 9.84 Å². The van der Waals surface area contributed by atoms with E-state index in [2.05, 4.69) is 0 Å². The standard InChI is InChI=1S/C12H15NO5/c1-7-4-8(2)11(6-10(7)13(16)17)18-9(3)5-12(14)15/h4,6,9H,5H2,1-3H3,(H,14,15)/t9-/m1/s1. The number of carboxylic acids is 1. The van der Waals surface area contributed by atoms with Gasteiger partial charge in [-0.1, -0.05) is 0 Å². The fraction of sp³-hybridized carbons (Fsp3) is 0.417. The zero-order valence-corrected chi connectivity index (χ0v) is 10.5. The minimum Gasteiger partial charge on any atom is -0.490 e. The van der Waals surface area contributed by atoms with Crippen LogP contribution in [-0.4, -0.2) is 22.1 Å². The van der Waals surface area contributed by atoms with Crippen LogP contribution in [0.2, 0.25) is 0 Å². The highest BCUT2D eigenvalue weighted by Gasteiger charge is 2.17. The van der Waals surface area contributed by atoms with Crippen molar-refractivity contribution in [2.75, 3.05) is 0 Å². The molecule has 6 nitrogen and oxygen atoms in total. The summed E-state index contributed by atoms with van der Waals surface area (Å²) in [5, 5.41) is 19.4. The maximum Gasteiger partial charge on any atom is 0.307 e. The summed E-state index contributed by atoms with van der Waals surface area (Å²) < 4.78 is 5.42. The Kier molecular flexibility index (Phi) is 4.25. The largest absolute Gasteiger partial charge is 0.490 e. The van der Waals surface area contributed by atoms with Gasteiger partial charge in [0, 0.05) is 5.56 Å². The Morgan fingerprint density at radius 1 is 1.44 bits per heavy atom.